The zero-order chi connectivity index (χ0) is 11.1. The molecule has 0 aromatic carbocycles. The molecule has 0 aliphatic heterocycles. The van der Waals surface area contributed by atoms with Crippen molar-refractivity contribution in [3.8, 4) is 0 Å². The Balaban J connectivity index is 3.89. The number of thioether (sulfide) groups is 1. The predicted octanol–water partition coefficient (Wildman–Crippen LogP) is 0.538. The summed E-state index contributed by atoms with van der Waals surface area (Å²) < 4.78 is 0. The highest BCUT2D eigenvalue weighted by atomic mass is 32.2. The van der Waals surface area contributed by atoms with E-state index in [2.05, 4.69) is 0 Å². The minimum Gasteiger partial charge on any atom is -0.480 e. The van der Waals surface area contributed by atoms with Crippen molar-refractivity contribution >= 4 is 17.7 Å². The van der Waals surface area contributed by atoms with Crippen molar-refractivity contribution in [3.05, 3.63) is 0 Å². The van der Waals surface area contributed by atoms with Gasteiger partial charge in [-0.3, -0.25) is 4.79 Å². The van der Waals surface area contributed by atoms with E-state index in [1.165, 1.54) is 11.8 Å². The molecule has 0 rings (SSSR count). The summed E-state index contributed by atoms with van der Waals surface area (Å²) in [6.45, 7) is 4.11. The van der Waals surface area contributed by atoms with E-state index < -0.39 is 12.0 Å². The number of rotatable bonds is 7. The maximum absolute atomic E-state index is 10.5. The smallest absolute Gasteiger partial charge is 0.321 e. The van der Waals surface area contributed by atoms with Crippen molar-refractivity contribution < 1.29 is 15.0 Å². The number of nitrogens with two attached hydrogens (primary N) is 1. The zero-order valence-electron chi connectivity index (χ0n) is 8.64. The van der Waals surface area contributed by atoms with Crippen molar-refractivity contribution in [1.29, 1.82) is 0 Å². The zero-order valence-corrected chi connectivity index (χ0v) is 9.46. The van der Waals surface area contributed by atoms with Crippen LogP contribution in [-0.4, -0.2) is 39.8 Å². The number of carboxylic acid groups (broad SMARTS) is 1. The maximum atomic E-state index is 10.5. The quantitative estimate of drug-likeness (QED) is 0.584. The Hall–Kier alpha value is -0.260. The van der Waals surface area contributed by atoms with Crippen molar-refractivity contribution in [2.75, 3.05) is 12.4 Å². The lowest BCUT2D eigenvalue weighted by Gasteiger charge is -2.21. The summed E-state index contributed by atoms with van der Waals surface area (Å²) in [6.07, 6.45) is 0.915. The Morgan fingerprint density at radius 2 is 2.14 bits per heavy atom. The van der Waals surface area contributed by atoms with Crippen molar-refractivity contribution in [2.24, 2.45) is 11.7 Å². The molecule has 5 heteroatoms. The van der Waals surface area contributed by atoms with Crippen LogP contribution in [0.15, 0.2) is 0 Å². The molecule has 0 heterocycles. The summed E-state index contributed by atoms with van der Waals surface area (Å²) >= 11 is 1.52. The summed E-state index contributed by atoms with van der Waals surface area (Å²) in [5, 5.41) is 17.8. The first-order valence-electron chi connectivity index (χ1n) is 4.73. The fourth-order valence-corrected chi connectivity index (χ4v) is 2.35. The molecule has 3 atom stereocenters. The summed E-state index contributed by atoms with van der Waals surface area (Å²) in [5.74, 6) is -0.381. The molecular weight excluding hydrogens is 202 g/mol. The summed E-state index contributed by atoms with van der Waals surface area (Å²) in [5.41, 5.74) is 5.38. The fraction of sp³-hybridized carbons (Fsp3) is 0.889. The molecular formula is C9H19NO3S. The first-order valence-corrected chi connectivity index (χ1v) is 5.78. The van der Waals surface area contributed by atoms with Gasteiger partial charge >= 0.3 is 5.97 Å². The van der Waals surface area contributed by atoms with E-state index in [0.717, 1.165) is 6.42 Å². The van der Waals surface area contributed by atoms with Crippen LogP contribution in [0.1, 0.15) is 20.3 Å². The lowest BCUT2D eigenvalue weighted by Crippen LogP contribution is -2.34. The third-order valence-electron chi connectivity index (χ3n) is 2.13. The molecule has 0 fully saturated rings. The fourth-order valence-electron chi connectivity index (χ4n) is 1.10. The van der Waals surface area contributed by atoms with Gasteiger partial charge in [-0.2, -0.15) is 11.8 Å². The summed E-state index contributed by atoms with van der Waals surface area (Å²) in [6, 6.07) is -0.806. The normalized spacial score (nSPS) is 17.4. The van der Waals surface area contributed by atoms with Gasteiger partial charge in [-0.25, -0.2) is 0 Å². The third kappa shape index (κ3) is 4.83. The third-order valence-corrected chi connectivity index (χ3v) is 3.91. The van der Waals surface area contributed by atoms with Crippen LogP contribution >= 0.6 is 11.8 Å². The van der Waals surface area contributed by atoms with E-state index in [9.17, 15) is 4.79 Å². The van der Waals surface area contributed by atoms with E-state index in [0.29, 0.717) is 5.75 Å². The van der Waals surface area contributed by atoms with Gasteiger partial charge in [0, 0.05) is 17.6 Å². The molecule has 4 nitrogen and oxygen atoms in total. The highest BCUT2D eigenvalue weighted by Gasteiger charge is 2.18. The maximum Gasteiger partial charge on any atom is 0.321 e. The van der Waals surface area contributed by atoms with Gasteiger partial charge < -0.3 is 15.9 Å². The van der Waals surface area contributed by atoms with E-state index in [-0.39, 0.29) is 17.8 Å². The van der Waals surface area contributed by atoms with Crippen molar-refractivity contribution in [3.63, 3.8) is 0 Å². The van der Waals surface area contributed by atoms with Gasteiger partial charge in [-0.05, 0) is 12.3 Å². The Kier molecular flexibility index (Phi) is 6.96. The molecule has 0 radical (unpaired) electrons. The Bertz CT molecular complexity index is 177. The van der Waals surface area contributed by atoms with Gasteiger partial charge in [0.2, 0.25) is 0 Å². The van der Waals surface area contributed by atoms with E-state index in [1.54, 1.807) is 0 Å². The molecule has 0 aromatic heterocycles. The van der Waals surface area contributed by atoms with Crippen LogP contribution in [0, 0.1) is 5.92 Å². The van der Waals surface area contributed by atoms with Gasteiger partial charge in [0.15, 0.2) is 0 Å². The molecule has 84 valence electrons. The van der Waals surface area contributed by atoms with Crippen LogP contribution in [0.3, 0.4) is 0 Å². The van der Waals surface area contributed by atoms with Gasteiger partial charge in [0.05, 0.1) is 0 Å². The summed E-state index contributed by atoms with van der Waals surface area (Å²) in [7, 11) is 0. The molecule has 0 spiro atoms. The number of hydrogen-bond donors (Lipinski definition) is 3. The number of aliphatic carboxylic acids is 1. The average Bonchev–Trinajstić information content (AvgIpc) is 2.17. The molecule has 0 saturated carbocycles. The number of carboxylic acids is 1. The molecule has 0 saturated heterocycles. The number of aliphatic hydroxyl groups is 1. The van der Waals surface area contributed by atoms with Crippen LogP contribution in [-0.2, 0) is 4.79 Å². The minimum atomic E-state index is -0.969. The van der Waals surface area contributed by atoms with Gasteiger partial charge in [0.25, 0.3) is 0 Å². The highest BCUT2D eigenvalue weighted by molar-refractivity contribution is 8.00. The van der Waals surface area contributed by atoms with Crippen LogP contribution in [0.4, 0.5) is 0 Å². The topological polar surface area (TPSA) is 83.6 Å². The SMILES string of the molecule is CCC(SC[C@H](N)C(=O)O)C(C)CO. The Morgan fingerprint density at radius 1 is 1.57 bits per heavy atom. The van der Waals surface area contributed by atoms with Crippen LogP contribution in [0.25, 0.3) is 0 Å². The molecule has 0 bridgehead atoms. The largest absolute Gasteiger partial charge is 0.480 e. The van der Waals surface area contributed by atoms with Crippen LogP contribution < -0.4 is 5.73 Å². The Morgan fingerprint density at radius 3 is 2.50 bits per heavy atom. The van der Waals surface area contributed by atoms with E-state index in [1.807, 2.05) is 13.8 Å². The second-order valence-corrected chi connectivity index (χ2v) is 4.66. The van der Waals surface area contributed by atoms with Gasteiger partial charge in [-0.1, -0.05) is 13.8 Å². The second-order valence-electron chi connectivity index (χ2n) is 3.38. The molecule has 14 heavy (non-hydrogen) atoms. The van der Waals surface area contributed by atoms with Crippen molar-refractivity contribution in [2.45, 2.75) is 31.6 Å². The van der Waals surface area contributed by atoms with Crippen molar-refractivity contribution in [1.82, 2.24) is 0 Å². The number of carbonyl (C=O) groups is 1. The first kappa shape index (κ1) is 13.7. The molecule has 0 amide bonds. The van der Waals surface area contributed by atoms with E-state index in [4.69, 9.17) is 15.9 Å². The standard InChI is InChI=1S/C9H19NO3S/c1-3-8(6(2)4-11)14-5-7(10)9(12)13/h6-8,11H,3-5,10H2,1-2H3,(H,12,13)/t6?,7-,8?/m0/s1. The minimum absolute atomic E-state index is 0.133. The number of aliphatic hydroxyl groups excluding tert-OH is 1. The number of hydrogen-bond acceptors (Lipinski definition) is 4. The molecule has 0 aliphatic rings. The molecule has 4 N–H and O–H groups in total. The monoisotopic (exact) mass is 221 g/mol. The van der Waals surface area contributed by atoms with Crippen LogP contribution in [0.2, 0.25) is 0 Å². The predicted molar refractivity (Wildman–Crippen MR) is 58.4 cm³/mol. The molecule has 2 unspecified atom stereocenters. The van der Waals surface area contributed by atoms with Crippen LogP contribution in [0.5, 0.6) is 0 Å². The highest BCUT2D eigenvalue weighted by Crippen LogP contribution is 2.22. The first-order chi connectivity index (χ1) is 6.52. The van der Waals surface area contributed by atoms with E-state index >= 15 is 0 Å². The lowest BCUT2D eigenvalue weighted by molar-refractivity contribution is -0.137. The van der Waals surface area contributed by atoms with Gasteiger partial charge in [0.1, 0.15) is 6.04 Å². The molecule has 0 aromatic rings. The average molecular weight is 221 g/mol. The molecule has 0 aliphatic carbocycles. The summed E-state index contributed by atoms with van der Waals surface area (Å²) in [4.78, 5) is 10.5. The van der Waals surface area contributed by atoms with Gasteiger partial charge in [-0.15, -0.1) is 0 Å². The lowest BCUT2D eigenvalue weighted by atomic mass is 10.1. The second kappa shape index (κ2) is 7.09. The Labute approximate surface area is 88.9 Å².